The Balaban J connectivity index is 2.09. The van der Waals surface area contributed by atoms with E-state index >= 15 is 0 Å². The van der Waals surface area contributed by atoms with Crippen LogP contribution in [0.2, 0.25) is 0 Å². The summed E-state index contributed by atoms with van der Waals surface area (Å²) >= 11 is 0. The van der Waals surface area contributed by atoms with Gasteiger partial charge in [-0.1, -0.05) is 39.8 Å². The second-order valence-corrected chi connectivity index (χ2v) is 7.41. The molecule has 1 heterocycles. The van der Waals surface area contributed by atoms with E-state index in [0.29, 0.717) is 17.1 Å². The van der Waals surface area contributed by atoms with Crippen LogP contribution in [0.4, 0.5) is 0 Å². The van der Waals surface area contributed by atoms with Gasteiger partial charge in [0.1, 0.15) is 0 Å². The molecule has 1 aliphatic carbocycles. The van der Waals surface area contributed by atoms with Crippen LogP contribution in [0.3, 0.4) is 0 Å². The predicted octanol–water partition coefficient (Wildman–Crippen LogP) is 3.58. The molecule has 0 aromatic carbocycles. The van der Waals surface area contributed by atoms with E-state index in [4.69, 9.17) is 10.3 Å². The molecular formula is C15H27N3O. The van der Waals surface area contributed by atoms with Crippen molar-refractivity contribution in [3.63, 3.8) is 0 Å². The molecule has 0 spiro atoms. The van der Waals surface area contributed by atoms with Crippen LogP contribution in [0, 0.1) is 11.3 Å². The first-order chi connectivity index (χ1) is 8.72. The minimum Gasteiger partial charge on any atom is -0.339 e. The fourth-order valence-electron chi connectivity index (χ4n) is 2.89. The van der Waals surface area contributed by atoms with Crippen molar-refractivity contribution in [1.29, 1.82) is 0 Å². The van der Waals surface area contributed by atoms with Crippen molar-refractivity contribution in [1.82, 2.24) is 10.1 Å². The molecule has 2 N–H and O–H groups in total. The Hall–Kier alpha value is -0.900. The van der Waals surface area contributed by atoms with Gasteiger partial charge >= 0.3 is 0 Å². The number of aromatic nitrogens is 2. The minimum absolute atomic E-state index is 0.260. The SMILES string of the molecule is CC(C)c1nc(C2(N)CCC(C(C)(C)C)CC2)no1. The van der Waals surface area contributed by atoms with Gasteiger partial charge in [0.25, 0.3) is 0 Å². The van der Waals surface area contributed by atoms with E-state index in [2.05, 4.69) is 44.8 Å². The maximum atomic E-state index is 6.51. The number of hydrogen-bond acceptors (Lipinski definition) is 4. The molecule has 2 rings (SSSR count). The molecular weight excluding hydrogens is 238 g/mol. The Morgan fingerprint density at radius 1 is 1.26 bits per heavy atom. The lowest BCUT2D eigenvalue weighted by molar-refractivity contribution is 0.128. The quantitative estimate of drug-likeness (QED) is 0.887. The lowest BCUT2D eigenvalue weighted by Crippen LogP contribution is -2.43. The van der Waals surface area contributed by atoms with E-state index in [1.54, 1.807) is 0 Å². The third-order valence-electron chi connectivity index (χ3n) is 4.48. The molecule has 19 heavy (non-hydrogen) atoms. The molecule has 0 atom stereocenters. The van der Waals surface area contributed by atoms with E-state index < -0.39 is 5.54 Å². The number of rotatable bonds is 2. The van der Waals surface area contributed by atoms with Crippen molar-refractivity contribution in [3.8, 4) is 0 Å². The van der Waals surface area contributed by atoms with Crippen molar-refractivity contribution < 1.29 is 4.52 Å². The van der Waals surface area contributed by atoms with Gasteiger partial charge < -0.3 is 10.3 Å². The second-order valence-electron chi connectivity index (χ2n) is 7.41. The smallest absolute Gasteiger partial charge is 0.229 e. The van der Waals surface area contributed by atoms with Gasteiger partial charge in [0, 0.05) is 5.92 Å². The highest BCUT2D eigenvalue weighted by molar-refractivity contribution is 5.07. The summed E-state index contributed by atoms with van der Waals surface area (Å²) in [6.45, 7) is 11.0. The van der Waals surface area contributed by atoms with Gasteiger partial charge in [-0.3, -0.25) is 0 Å². The van der Waals surface area contributed by atoms with Crippen molar-refractivity contribution >= 4 is 0 Å². The Morgan fingerprint density at radius 2 is 1.84 bits per heavy atom. The van der Waals surface area contributed by atoms with Crippen molar-refractivity contribution in [2.24, 2.45) is 17.1 Å². The van der Waals surface area contributed by atoms with E-state index in [-0.39, 0.29) is 5.92 Å². The largest absolute Gasteiger partial charge is 0.339 e. The molecule has 4 heteroatoms. The highest BCUT2D eigenvalue weighted by Crippen LogP contribution is 2.43. The number of nitrogens with two attached hydrogens (primary N) is 1. The topological polar surface area (TPSA) is 64.9 Å². The van der Waals surface area contributed by atoms with Crippen LogP contribution in [0.25, 0.3) is 0 Å². The maximum Gasteiger partial charge on any atom is 0.229 e. The van der Waals surface area contributed by atoms with Gasteiger partial charge in [-0.25, -0.2) is 0 Å². The molecule has 0 bridgehead atoms. The average Bonchev–Trinajstić information content (AvgIpc) is 2.78. The predicted molar refractivity (Wildman–Crippen MR) is 75.7 cm³/mol. The Kier molecular flexibility index (Phi) is 3.74. The first kappa shape index (κ1) is 14.5. The first-order valence-corrected chi connectivity index (χ1v) is 7.35. The molecule has 0 unspecified atom stereocenters. The van der Waals surface area contributed by atoms with E-state index in [1.807, 2.05) is 0 Å². The van der Waals surface area contributed by atoms with Gasteiger partial charge in [0.05, 0.1) is 5.54 Å². The zero-order valence-corrected chi connectivity index (χ0v) is 12.9. The van der Waals surface area contributed by atoms with Crippen molar-refractivity contribution in [3.05, 3.63) is 11.7 Å². The molecule has 4 nitrogen and oxygen atoms in total. The molecule has 1 aliphatic rings. The number of nitrogens with zero attached hydrogens (tertiary/aromatic N) is 2. The Morgan fingerprint density at radius 3 is 2.26 bits per heavy atom. The zero-order valence-electron chi connectivity index (χ0n) is 12.9. The lowest BCUT2D eigenvalue weighted by atomic mass is 9.67. The third-order valence-corrected chi connectivity index (χ3v) is 4.48. The van der Waals surface area contributed by atoms with Crippen LogP contribution in [-0.4, -0.2) is 10.1 Å². The van der Waals surface area contributed by atoms with Crippen LogP contribution in [0.1, 0.15) is 77.9 Å². The minimum atomic E-state index is -0.390. The first-order valence-electron chi connectivity index (χ1n) is 7.35. The molecule has 1 fully saturated rings. The standard InChI is InChI=1S/C15H27N3O/c1-10(2)12-17-13(18-19-12)15(16)8-6-11(7-9-15)14(3,4)5/h10-11H,6-9,16H2,1-5H3. The fraction of sp³-hybridized carbons (Fsp3) is 0.867. The second kappa shape index (κ2) is 4.89. The van der Waals surface area contributed by atoms with Gasteiger partial charge in [-0.2, -0.15) is 4.98 Å². The molecule has 0 aliphatic heterocycles. The van der Waals surface area contributed by atoms with Crippen LogP contribution < -0.4 is 5.73 Å². The summed E-state index contributed by atoms with van der Waals surface area (Å²) in [4.78, 5) is 4.49. The highest BCUT2D eigenvalue weighted by Gasteiger charge is 2.40. The van der Waals surface area contributed by atoms with Gasteiger partial charge in [-0.05, 0) is 37.0 Å². The molecule has 108 valence electrons. The maximum absolute atomic E-state index is 6.51. The van der Waals surface area contributed by atoms with Crippen LogP contribution >= 0.6 is 0 Å². The summed E-state index contributed by atoms with van der Waals surface area (Å²) in [5.74, 6) is 2.39. The summed E-state index contributed by atoms with van der Waals surface area (Å²) in [5, 5.41) is 4.11. The molecule has 0 radical (unpaired) electrons. The van der Waals surface area contributed by atoms with Crippen LogP contribution in [0.15, 0.2) is 4.52 Å². The molecule has 1 saturated carbocycles. The van der Waals surface area contributed by atoms with E-state index in [9.17, 15) is 0 Å². The molecule has 0 saturated heterocycles. The average molecular weight is 265 g/mol. The highest BCUT2D eigenvalue weighted by atomic mass is 16.5. The molecule has 1 aromatic heterocycles. The van der Waals surface area contributed by atoms with Gasteiger partial charge in [0.15, 0.2) is 5.82 Å². The summed E-state index contributed by atoms with van der Waals surface area (Å²) in [6, 6.07) is 0. The van der Waals surface area contributed by atoms with Crippen molar-refractivity contribution in [2.75, 3.05) is 0 Å². The Labute approximate surface area is 116 Å². The van der Waals surface area contributed by atoms with Gasteiger partial charge in [0.2, 0.25) is 5.89 Å². The van der Waals surface area contributed by atoms with Crippen LogP contribution in [0.5, 0.6) is 0 Å². The zero-order chi connectivity index (χ0) is 14.3. The summed E-state index contributed by atoms with van der Waals surface area (Å²) in [7, 11) is 0. The summed E-state index contributed by atoms with van der Waals surface area (Å²) < 4.78 is 5.30. The number of hydrogen-bond donors (Lipinski definition) is 1. The van der Waals surface area contributed by atoms with E-state index in [1.165, 1.54) is 0 Å². The fourth-order valence-corrected chi connectivity index (χ4v) is 2.89. The van der Waals surface area contributed by atoms with Crippen molar-refractivity contribution in [2.45, 2.75) is 71.8 Å². The molecule has 0 amide bonds. The Bertz CT molecular complexity index is 423. The lowest BCUT2D eigenvalue weighted by Gasteiger charge is -2.40. The summed E-state index contributed by atoms with van der Waals surface area (Å²) in [6.07, 6.45) is 4.19. The van der Waals surface area contributed by atoms with Crippen LogP contribution in [-0.2, 0) is 5.54 Å². The monoisotopic (exact) mass is 265 g/mol. The molecule has 1 aromatic rings. The normalized spacial score (nSPS) is 28.9. The summed E-state index contributed by atoms with van der Waals surface area (Å²) in [5.41, 5.74) is 6.49. The third kappa shape index (κ3) is 2.99. The van der Waals surface area contributed by atoms with E-state index in [0.717, 1.165) is 31.6 Å². The van der Waals surface area contributed by atoms with Gasteiger partial charge in [-0.15, -0.1) is 0 Å².